The molecule has 1 N–H and O–H groups in total. The highest BCUT2D eigenvalue weighted by Crippen LogP contribution is 2.01. The first-order valence-corrected chi connectivity index (χ1v) is 3.45. The second-order valence-corrected chi connectivity index (χ2v) is 3.01. The van der Waals surface area contributed by atoms with E-state index in [1.807, 2.05) is 13.8 Å². The van der Waals surface area contributed by atoms with E-state index >= 15 is 0 Å². The maximum Gasteiger partial charge on any atom is 0.243 e. The quantitative estimate of drug-likeness (QED) is 0.610. The summed E-state index contributed by atoms with van der Waals surface area (Å²) in [7, 11) is 1.60. The molecule has 0 spiro atoms. The molecule has 0 aliphatic heterocycles. The van der Waals surface area contributed by atoms with Crippen LogP contribution in [0.15, 0.2) is 12.7 Å². The minimum Gasteiger partial charge on any atom is -0.382 e. The van der Waals surface area contributed by atoms with E-state index in [0.29, 0.717) is 6.61 Å². The van der Waals surface area contributed by atoms with E-state index in [2.05, 4.69) is 11.9 Å². The standard InChI is InChI=1S/C8H15NO2/c1-5-7(10)9-8(2,3)6-11-4/h5H,1,6H2,2-4H3,(H,9,10). The van der Waals surface area contributed by atoms with E-state index in [1.54, 1.807) is 7.11 Å². The van der Waals surface area contributed by atoms with Crippen molar-refractivity contribution in [2.45, 2.75) is 19.4 Å². The number of nitrogens with one attached hydrogen (secondary N) is 1. The van der Waals surface area contributed by atoms with Crippen LogP contribution in [0.5, 0.6) is 0 Å². The van der Waals surface area contributed by atoms with Gasteiger partial charge in [-0.15, -0.1) is 0 Å². The van der Waals surface area contributed by atoms with Gasteiger partial charge in [-0.1, -0.05) is 6.58 Å². The Labute approximate surface area is 67.4 Å². The minimum atomic E-state index is -0.319. The van der Waals surface area contributed by atoms with Gasteiger partial charge in [-0.2, -0.15) is 0 Å². The topological polar surface area (TPSA) is 38.3 Å². The van der Waals surface area contributed by atoms with Crippen molar-refractivity contribution in [3.63, 3.8) is 0 Å². The number of rotatable bonds is 4. The third-order valence-corrected chi connectivity index (χ3v) is 1.15. The van der Waals surface area contributed by atoms with E-state index in [0.717, 1.165) is 0 Å². The second-order valence-electron chi connectivity index (χ2n) is 3.01. The van der Waals surface area contributed by atoms with Crippen LogP contribution < -0.4 is 5.32 Å². The van der Waals surface area contributed by atoms with Crippen molar-refractivity contribution in [2.24, 2.45) is 0 Å². The van der Waals surface area contributed by atoms with Crippen LogP contribution >= 0.6 is 0 Å². The van der Waals surface area contributed by atoms with Crippen LogP contribution in [0.4, 0.5) is 0 Å². The maximum absolute atomic E-state index is 10.8. The molecule has 0 aromatic rings. The van der Waals surface area contributed by atoms with Crippen LogP contribution in [0.2, 0.25) is 0 Å². The average Bonchev–Trinajstić information content (AvgIpc) is 1.86. The van der Waals surface area contributed by atoms with Gasteiger partial charge in [0.2, 0.25) is 5.91 Å². The third-order valence-electron chi connectivity index (χ3n) is 1.15. The van der Waals surface area contributed by atoms with E-state index < -0.39 is 0 Å². The smallest absolute Gasteiger partial charge is 0.243 e. The summed E-state index contributed by atoms with van der Waals surface area (Å²) < 4.78 is 4.90. The fourth-order valence-electron chi connectivity index (χ4n) is 0.781. The first-order valence-electron chi connectivity index (χ1n) is 3.45. The Balaban J connectivity index is 3.89. The molecule has 0 unspecified atom stereocenters. The molecule has 0 heterocycles. The average molecular weight is 157 g/mol. The molecule has 0 atom stereocenters. The highest BCUT2D eigenvalue weighted by atomic mass is 16.5. The molecular weight excluding hydrogens is 142 g/mol. The van der Waals surface area contributed by atoms with Gasteiger partial charge in [-0.05, 0) is 19.9 Å². The Morgan fingerprint density at radius 1 is 1.73 bits per heavy atom. The molecular formula is C8H15NO2. The second kappa shape index (κ2) is 4.13. The summed E-state index contributed by atoms with van der Waals surface area (Å²) in [5.74, 6) is -0.174. The van der Waals surface area contributed by atoms with Crippen LogP contribution in [0, 0.1) is 0 Å². The Morgan fingerprint density at radius 2 is 2.27 bits per heavy atom. The Morgan fingerprint density at radius 3 is 2.64 bits per heavy atom. The fourth-order valence-corrected chi connectivity index (χ4v) is 0.781. The monoisotopic (exact) mass is 157 g/mol. The van der Waals surface area contributed by atoms with Gasteiger partial charge in [-0.25, -0.2) is 0 Å². The molecule has 0 saturated carbocycles. The maximum atomic E-state index is 10.8. The molecule has 1 amide bonds. The number of hydrogen-bond acceptors (Lipinski definition) is 2. The summed E-state index contributed by atoms with van der Waals surface area (Å²) in [6.07, 6.45) is 1.25. The number of amides is 1. The van der Waals surface area contributed by atoms with Crippen molar-refractivity contribution in [3.8, 4) is 0 Å². The van der Waals surface area contributed by atoms with Crippen LogP contribution in [-0.4, -0.2) is 25.2 Å². The van der Waals surface area contributed by atoms with Gasteiger partial charge in [0.25, 0.3) is 0 Å². The zero-order valence-corrected chi connectivity index (χ0v) is 7.31. The van der Waals surface area contributed by atoms with Crippen LogP contribution in [0.25, 0.3) is 0 Å². The van der Waals surface area contributed by atoms with Crippen molar-refractivity contribution in [1.29, 1.82) is 0 Å². The number of hydrogen-bond donors (Lipinski definition) is 1. The zero-order chi connectivity index (χ0) is 8.91. The molecule has 0 aliphatic rings. The molecule has 3 heteroatoms. The van der Waals surface area contributed by atoms with Crippen molar-refractivity contribution in [2.75, 3.05) is 13.7 Å². The van der Waals surface area contributed by atoms with E-state index in [9.17, 15) is 4.79 Å². The van der Waals surface area contributed by atoms with Crippen molar-refractivity contribution in [1.82, 2.24) is 5.32 Å². The van der Waals surface area contributed by atoms with Crippen LogP contribution in [0.1, 0.15) is 13.8 Å². The molecule has 3 nitrogen and oxygen atoms in total. The van der Waals surface area contributed by atoms with Crippen molar-refractivity contribution in [3.05, 3.63) is 12.7 Å². The van der Waals surface area contributed by atoms with Gasteiger partial charge in [0.1, 0.15) is 0 Å². The molecule has 0 fully saturated rings. The lowest BCUT2D eigenvalue weighted by atomic mass is 10.1. The number of ether oxygens (including phenoxy) is 1. The molecule has 64 valence electrons. The molecule has 0 rings (SSSR count). The normalized spacial score (nSPS) is 10.8. The van der Waals surface area contributed by atoms with Gasteiger partial charge in [0, 0.05) is 7.11 Å². The molecule has 0 radical (unpaired) electrons. The first-order chi connectivity index (χ1) is 5.02. The number of carbonyl (C=O) groups excluding carboxylic acids is 1. The van der Waals surface area contributed by atoms with Crippen LogP contribution in [0.3, 0.4) is 0 Å². The van der Waals surface area contributed by atoms with E-state index in [-0.39, 0.29) is 11.4 Å². The highest BCUT2D eigenvalue weighted by molar-refractivity contribution is 5.87. The fraction of sp³-hybridized carbons (Fsp3) is 0.625. The largest absolute Gasteiger partial charge is 0.382 e. The summed E-state index contributed by atoms with van der Waals surface area (Å²) in [6.45, 7) is 7.62. The molecule has 0 aromatic heterocycles. The minimum absolute atomic E-state index is 0.174. The summed E-state index contributed by atoms with van der Waals surface area (Å²) in [6, 6.07) is 0. The molecule has 0 aliphatic carbocycles. The van der Waals surface area contributed by atoms with Gasteiger partial charge in [-0.3, -0.25) is 4.79 Å². The Hall–Kier alpha value is -0.830. The number of carbonyl (C=O) groups is 1. The summed E-state index contributed by atoms with van der Waals surface area (Å²) >= 11 is 0. The van der Waals surface area contributed by atoms with E-state index in [4.69, 9.17) is 4.74 Å². The SMILES string of the molecule is C=CC(=O)NC(C)(C)COC. The molecule has 0 bridgehead atoms. The Bertz CT molecular complexity index is 152. The third kappa shape index (κ3) is 4.56. The van der Waals surface area contributed by atoms with Crippen molar-refractivity contribution >= 4 is 5.91 Å². The Kier molecular flexibility index (Phi) is 3.82. The van der Waals surface area contributed by atoms with Gasteiger partial charge in [0.15, 0.2) is 0 Å². The summed E-state index contributed by atoms with van der Waals surface area (Å²) in [5, 5.41) is 2.72. The lowest BCUT2D eigenvalue weighted by molar-refractivity contribution is -0.118. The van der Waals surface area contributed by atoms with Gasteiger partial charge >= 0.3 is 0 Å². The predicted octanol–water partition coefficient (Wildman–Crippen LogP) is 0.714. The van der Waals surface area contributed by atoms with E-state index in [1.165, 1.54) is 6.08 Å². The van der Waals surface area contributed by atoms with Crippen LogP contribution in [-0.2, 0) is 9.53 Å². The molecule has 0 aromatic carbocycles. The molecule has 11 heavy (non-hydrogen) atoms. The van der Waals surface area contributed by atoms with Gasteiger partial charge in [0.05, 0.1) is 12.1 Å². The molecule has 0 saturated heterocycles. The lowest BCUT2D eigenvalue weighted by Crippen LogP contribution is -2.46. The first kappa shape index (κ1) is 10.2. The highest BCUT2D eigenvalue weighted by Gasteiger charge is 2.18. The lowest BCUT2D eigenvalue weighted by Gasteiger charge is -2.24. The summed E-state index contributed by atoms with van der Waals surface area (Å²) in [4.78, 5) is 10.8. The number of methoxy groups -OCH3 is 1. The zero-order valence-electron chi connectivity index (χ0n) is 7.31. The predicted molar refractivity (Wildman–Crippen MR) is 44.3 cm³/mol. The summed E-state index contributed by atoms with van der Waals surface area (Å²) in [5.41, 5.74) is -0.319. The van der Waals surface area contributed by atoms with Gasteiger partial charge < -0.3 is 10.1 Å². The van der Waals surface area contributed by atoms with Crippen molar-refractivity contribution < 1.29 is 9.53 Å².